The van der Waals surface area contributed by atoms with Gasteiger partial charge in [0, 0.05) is 25.8 Å². The monoisotopic (exact) mass is 498 g/mol. The van der Waals surface area contributed by atoms with E-state index < -0.39 is 0 Å². The second kappa shape index (κ2) is 8.18. The summed E-state index contributed by atoms with van der Waals surface area (Å²) in [6.07, 6.45) is 3.00. The minimum Gasteiger partial charge on any atom is -0.341 e. The first-order valence-electron chi connectivity index (χ1n) is 6.45. The Labute approximate surface area is 153 Å². The van der Waals surface area contributed by atoms with Crippen molar-refractivity contribution in [1.29, 1.82) is 0 Å². The molecule has 0 bridgehead atoms. The van der Waals surface area contributed by atoms with Gasteiger partial charge in [-0.05, 0) is 25.1 Å². The summed E-state index contributed by atoms with van der Waals surface area (Å²) in [5.41, 5.74) is 2.16. The molecule has 0 unspecified atom stereocenters. The molecule has 1 aromatic carbocycles. The van der Waals surface area contributed by atoms with Gasteiger partial charge >= 0.3 is 0 Å². The third kappa shape index (κ3) is 3.45. The van der Waals surface area contributed by atoms with E-state index in [-0.39, 0.29) is 48.0 Å². The Balaban J connectivity index is 0.000001000. The van der Waals surface area contributed by atoms with Crippen molar-refractivity contribution in [1.82, 2.24) is 14.9 Å². The molecular formula is C14H20I2N4. The second-order valence-corrected chi connectivity index (χ2v) is 4.54. The molecule has 0 radical (unpaired) electrons. The molecule has 2 heterocycles. The van der Waals surface area contributed by atoms with Crippen LogP contribution in [0.1, 0.15) is 6.42 Å². The lowest BCUT2D eigenvalue weighted by atomic mass is 10.3. The predicted molar refractivity (Wildman–Crippen MR) is 107 cm³/mol. The summed E-state index contributed by atoms with van der Waals surface area (Å²) in [5, 5.41) is 3.41. The maximum atomic E-state index is 4.74. The lowest BCUT2D eigenvalue weighted by Gasteiger charge is -2.20. The van der Waals surface area contributed by atoms with Gasteiger partial charge in [0.2, 0.25) is 5.95 Å². The number of fused-ring (bicyclic) bond motifs is 1. The molecule has 1 aromatic heterocycles. The third-order valence-electron chi connectivity index (χ3n) is 3.38. The zero-order valence-electron chi connectivity index (χ0n) is 11.3. The van der Waals surface area contributed by atoms with Crippen molar-refractivity contribution < 1.29 is 0 Å². The average Bonchev–Trinajstić information content (AvgIpc) is 2.59. The van der Waals surface area contributed by atoms with Gasteiger partial charge in [-0.25, -0.2) is 4.98 Å². The van der Waals surface area contributed by atoms with E-state index in [4.69, 9.17) is 4.98 Å². The van der Waals surface area contributed by atoms with Gasteiger partial charge in [0.1, 0.15) is 0 Å². The molecule has 0 atom stereocenters. The topological polar surface area (TPSA) is 33.1 Å². The summed E-state index contributed by atoms with van der Waals surface area (Å²) in [5.74, 6) is 1.01. The highest BCUT2D eigenvalue weighted by Gasteiger charge is 2.16. The fourth-order valence-electron chi connectivity index (χ4n) is 2.48. The lowest BCUT2D eigenvalue weighted by Crippen LogP contribution is -2.29. The molecule has 1 aliphatic rings. The zero-order valence-corrected chi connectivity index (χ0v) is 15.9. The van der Waals surface area contributed by atoms with Crippen LogP contribution in [0.2, 0.25) is 0 Å². The predicted octanol–water partition coefficient (Wildman–Crippen LogP) is 3.17. The summed E-state index contributed by atoms with van der Waals surface area (Å²) in [7, 11) is 0. The van der Waals surface area contributed by atoms with Crippen molar-refractivity contribution in [2.75, 3.05) is 31.1 Å². The number of nitrogens with zero attached hydrogens (tertiary/aromatic N) is 3. The highest BCUT2D eigenvalue weighted by atomic mass is 127. The average molecular weight is 498 g/mol. The lowest BCUT2D eigenvalue weighted by molar-refractivity contribution is 0.724. The van der Waals surface area contributed by atoms with Crippen LogP contribution in [-0.2, 0) is 0 Å². The number of hydrogen-bond donors (Lipinski definition) is 1. The van der Waals surface area contributed by atoms with Gasteiger partial charge in [0.25, 0.3) is 0 Å². The highest BCUT2D eigenvalue weighted by molar-refractivity contribution is 14.0. The van der Waals surface area contributed by atoms with Gasteiger partial charge in [0.15, 0.2) is 0 Å². The number of imidazole rings is 1. The summed E-state index contributed by atoms with van der Waals surface area (Å²) >= 11 is 0. The van der Waals surface area contributed by atoms with Crippen LogP contribution in [0.25, 0.3) is 17.2 Å². The van der Waals surface area contributed by atoms with Crippen molar-refractivity contribution in [2.45, 2.75) is 6.42 Å². The minimum absolute atomic E-state index is 0. The van der Waals surface area contributed by atoms with Crippen LogP contribution < -0.4 is 10.2 Å². The van der Waals surface area contributed by atoms with Crippen LogP contribution in [-0.4, -0.2) is 35.7 Å². The Morgan fingerprint density at radius 1 is 1.15 bits per heavy atom. The van der Waals surface area contributed by atoms with E-state index in [1.54, 1.807) is 0 Å². The molecule has 6 heteroatoms. The molecule has 0 spiro atoms. The number of benzene rings is 1. The molecule has 0 saturated carbocycles. The van der Waals surface area contributed by atoms with Gasteiger partial charge in [-0.1, -0.05) is 18.7 Å². The van der Waals surface area contributed by atoms with Crippen molar-refractivity contribution in [3.63, 3.8) is 0 Å². The van der Waals surface area contributed by atoms with E-state index in [2.05, 4.69) is 33.5 Å². The molecule has 3 rings (SSSR count). The Morgan fingerprint density at radius 2 is 1.95 bits per heavy atom. The van der Waals surface area contributed by atoms with Crippen LogP contribution >= 0.6 is 48.0 Å². The van der Waals surface area contributed by atoms with Crippen LogP contribution in [0.15, 0.2) is 30.8 Å². The maximum absolute atomic E-state index is 4.74. The Morgan fingerprint density at radius 3 is 2.75 bits per heavy atom. The smallest absolute Gasteiger partial charge is 0.210 e. The zero-order chi connectivity index (χ0) is 12.4. The molecule has 2 aromatic rings. The number of halogens is 2. The highest BCUT2D eigenvalue weighted by Crippen LogP contribution is 2.23. The fraction of sp³-hybridized carbons (Fsp3) is 0.357. The van der Waals surface area contributed by atoms with E-state index in [1.165, 1.54) is 0 Å². The van der Waals surface area contributed by atoms with Crippen LogP contribution in [0, 0.1) is 0 Å². The van der Waals surface area contributed by atoms with Crippen molar-refractivity contribution in [3.8, 4) is 0 Å². The largest absolute Gasteiger partial charge is 0.341 e. The molecule has 1 saturated heterocycles. The molecule has 0 amide bonds. The van der Waals surface area contributed by atoms with Crippen LogP contribution in [0.5, 0.6) is 0 Å². The molecule has 20 heavy (non-hydrogen) atoms. The Kier molecular flexibility index (Phi) is 7.24. The minimum atomic E-state index is 0. The van der Waals surface area contributed by atoms with Gasteiger partial charge in [-0.15, -0.1) is 48.0 Å². The van der Waals surface area contributed by atoms with Gasteiger partial charge in [0.05, 0.1) is 11.0 Å². The van der Waals surface area contributed by atoms with Crippen molar-refractivity contribution >= 4 is 71.1 Å². The first-order chi connectivity index (χ1) is 8.90. The molecule has 0 aliphatic carbocycles. The number of rotatable bonds is 2. The standard InChI is InChI=1S/C14H18N4.2HI/c1-2-18-13-7-4-3-6-12(13)16-14(18)17-10-5-8-15-9-11-17;;/h2-4,6-7,15H,1,5,8-11H2;2*1H. The quantitative estimate of drug-likeness (QED) is 0.647. The molecular weight excluding hydrogens is 478 g/mol. The summed E-state index contributed by atoms with van der Waals surface area (Å²) in [6, 6.07) is 8.20. The number of nitrogens with one attached hydrogen (secondary N) is 1. The first kappa shape index (κ1) is 17.7. The number of para-hydroxylation sites is 2. The number of aromatic nitrogens is 2. The summed E-state index contributed by atoms with van der Waals surface area (Å²) in [4.78, 5) is 7.07. The van der Waals surface area contributed by atoms with Crippen LogP contribution in [0.4, 0.5) is 5.95 Å². The Hall–Kier alpha value is -0.350. The number of anilines is 1. The molecule has 110 valence electrons. The van der Waals surface area contributed by atoms with E-state index >= 15 is 0 Å². The molecule has 1 aliphatic heterocycles. The SMILES string of the molecule is C=Cn1c(N2CCCNCC2)nc2ccccc21.I.I. The third-order valence-corrected chi connectivity index (χ3v) is 3.38. The fourth-order valence-corrected chi connectivity index (χ4v) is 2.48. The van der Waals surface area contributed by atoms with E-state index in [0.717, 1.165) is 49.6 Å². The first-order valence-corrected chi connectivity index (χ1v) is 6.45. The van der Waals surface area contributed by atoms with Gasteiger partial charge in [-0.2, -0.15) is 0 Å². The number of hydrogen-bond acceptors (Lipinski definition) is 3. The molecule has 4 nitrogen and oxygen atoms in total. The van der Waals surface area contributed by atoms with Crippen molar-refractivity contribution in [3.05, 3.63) is 30.8 Å². The molecule has 1 fully saturated rings. The second-order valence-electron chi connectivity index (χ2n) is 4.54. The van der Waals surface area contributed by atoms with E-state index in [9.17, 15) is 0 Å². The van der Waals surface area contributed by atoms with Gasteiger partial charge < -0.3 is 10.2 Å². The summed E-state index contributed by atoms with van der Waals surface area (Å²) in [6.45, 7) is 8.06. The normalized spacial score (nSPS) is 15.1. The van der Waals surface area contributed by atoms with E-state index in [0.29, 0.717) is 0 Å². The molecule has 1 N–H and O–H groups in total. The Bertz CT molecular complexity index is 559. The summed E-state index contributed by atoms with van der Waals surface area (Å²) < 4.78 is 2.08. The van der Waals surface area contributed by atoms with Crippen molar-refractivity contribution in [2.24, 2.45) is 0 Å². The van der Waals surface area contributed by atoms with Crippen LogP contribution in [0.3, 0.4) is 0 Å². The maximum Gasteiger partial charge on any atom is 0.210 e. The van der Waals surface area contributed by atoms with Gasteiger partial charge in [-0.3, -0.25) is 4.57 Å². The van der Waals surface area contributed by atoms with E-state index in [1.807, 2.05) is 18.3 Å².